The first-order valence-electron chi connectivity index (χ1n) is 12.5. The van der Waals surface area contributed by atoms with E-state index in [1.165, 1.54) is 12.1 Å². The molecular weight excluding hydrogens is 497 g/mol. The average molecular weight is 528 g/mol. The van der Waals surface area contributed by atoms with Gasteiger partial charge in [0, 0.05) is 17.6 Å². The fourth-order valence-corrected chi connectivity index (χ4v) is 5.26. The number of amides is 1. The third-order valence-corrected chi connectivity index (χ3v) is 7.07. The summed E-state index contributed by atoms with van der Waals surface area (Å²) in [7, 11) is 1.61. The normalized spacial score (nSPS) is 16.4. The van der Waals surface area contributed by atoms with Gasteiger partial charge in [0.05, 0.1) is 48.9 Å². The van der Waals surface area contributed by atoms with E-state index in [1.54, 1.807) is 18.1 Å². The molecule has 1 saturated heterocycles. The van der Waals surface area contributed by atoms with E-state index in [2.05, 4.69) is 0 Å². The Labute approximate surface area is 221 Å². The van der Waals surface area contributed by atoms with E-state index in [0.29, 0.717) is 60.6 Å². The minimum atomic E-state index is -0.495. The Morgan fingerprint density at radius 1 is 1.19 bits per heavy atom. The lowest BCUT2D eigenvalue weighted by Crippen LogP contribution is -2.55. The van der Waals surface area contributed by atoms with Gasteiger partial charge in [0.15, 0.2) is 17.2 Å². The van der Waals surface area contributed by atoms with E-state index in [0.717, 1.165) is 16.9 Å². The molecule has 0 bridgehead atoms. The van der Waals surface area contributed by atoms with Gasteiger partial charge >= 0.3 is 0 Å². The summed E-state index contributed by atoms with van der Waals surface area (Å²) >= 11 is 6.27. The number of methoxy groups -OCH3 is 1. The number of ether oxygens (including phenoxy) is 3. The molecule has 37 heavy (non-hydrogen) atoms. The van der Waals surface area contributed by atoms with Crippen LogP contribution < -0.4 is 9.47 Å². The van der Waals surface area contributed by atoms with Crippen LogP contribution in [0, 0.1) is 5.82 Å². The summed E-state index contributed by atoms with van der Waals surface area (Å²) < 4.78 is 34.3. The molecule has 0 radical (unpaired) electrons. The van der Waals surface area contributed by atoms with Gasteiger partial charge in [-0.1, -0.05) is 11.6 Å². The zero-order chi connectivity index (χ0) is 26.5. The van der Waals surface area contributed by atoms with Crippen molar-refractivity contribution in [3.8, 4) is 28.6 Å². The van der Waals surface area contributed by atoms with Crippen LogP contribution in [0.25, 0.3) is 17.1 Å². The zero-order valence-corrected chi connectivity index (χ0v) is 22.5. The van der Waals surface area contributed by atoms with E-state index in [-0.39, 0.29) is 17.6 Å². The number of aryl methyl sites for hydroxylation is 1. The monoisotopic (exact) mass is 527 g/mol. The highest BCUT2D eigenvalue weighted by molar-refractivity contribution is 6.30. The second kappa shape index (κ2) is 9.65. The lowest BCUT2D eigenvalue weighted by molar-refractivity contribution is -0.0373. The zero-order valence-electron chi connectivity index (χ0n) is 21.7. The van der Waals surface area contributed by atoms with Crippen molar-refractivity contribution in [1.82, 2.24) is 14.5 Å². The van der Waals surface area contributed by atoms with Gasteiger partial charge in [0.25, 0.3) is 5.91 Å². The van der Waals surface area contributed by atoms with Crippen molar-refractivity contribution in [3.63, 3.8) is 0 Å². The number of morpholine rings is 1. The Bertz CT molecular complexity index is 1370. The number of benzene rings is 2. The van der Waals surface area contributed by atoms with E-state index >= 15 is 4.39 Å². The maximum Gasteiger partial charge on any atom is 0.274 e. The Morgan fingerprint density at radius 2 is 1.97 bits per heavy atom. The van der Waals surface area contributed by atoms with Crippen molar-refractivity contribution in [2.45, 2.75) is 52.2 Å². The number of hydrogen-bond acceptors (Lipinski definition) is 5. The summed E-state index contributed by atoms with van der Waals surface area (Å²) in [5.41, 5.74) is 2.55. The lowest BCUT2D eigenvalue weighted by atomic mass is 9.98. The molecule has 2 aromatic carbocycles. The van der Waals surface area contributed by atoms with Crippen LogP contribution in [0.15, 0.2) is 30.3 Å². The molecule has 0 spiro atoms. The Morgan fingerprint density at radius 3 is 2.68 bits per heavy atom. The summed E-state index contributed by atoms with van der Waals surface area (Å²) in [6.07, 6.45) is 1.15. The highest BCUT2D eigenvalue weighted by Gasteiger charge is 2.38. The summed E-state index contributed by atoms with van der Waals surface area (Å²) in [5.74, 6) is 0.852. The molecule has 196 valence electrons. The van der Waals surface area contributed by atoms with Crippen LogP contribution in [0.1, 0.15) is 49.4 Å². The fraction of sp³-hybridized carbons (Fsp3) is 0.429. The van der Waals surface area contributed by atoms with E-state index < -0.39 is 11.4 Å². The molecule has 0 aliphatic carbocycles. The lowest BCUT2D eigenvalue weighted by Gasteiger charge is -2.41. The van der Waals surface area contributed by atoms with E-state index in [4.69, 9.17) is 30.8 Å². The van der Waals surface area contributed by atoms with Gasteiger partial charge in [0.2, 0.25) is 0 Å². The predicted molar refractivity (Wildman–Crippen MR) is 140 cm³/mol. The Balaban J connectivity index is 1.75. The maximum absolute atomic E-state index is 15.2. The topological polar surface area (TPSA) is 65.8 Å². The van der Waals surface area contributed by atoms with Crippen LogP contribution >= 0.6 is 11.6 Å². The maximum atomic E-state index is 15.2. The van der Waals surface area contributed by atoms with Gasteiger partial charge in [-0.15, -0.1) is 0 Å². The molecule has 0 saturated carbocycles. The molecule has 1 aromatic heterocycles. The van der Waals surface area contributed by atoms with Crippen molar-refractivity contribution < 1.29 is 23.4 Å². The highest BCUT2D eigenvalue weighted by atomic mass is 35.5. The van der Waals surface area contributed by atoms with Gasteiger partial charge < -0.3 is 19.1 Å². The smallest absolute Gasteiger partial charge is 0.274 e. The molecule has 1 amide bonds. The number of rotatable bonds is 5. The molecule has 5 rings (SSSR count). The molecule has 0 atom stereocenters. The third-order valence-electron chi connectivity index (χ3n) is 6.83. The van der Waals surface area contributed by atoms with Gasteiger partial charge in [-0.25, -0.2) is 9.37 Å². The molecule has 0 N–H and O–H groups in total. The minimum absolute atomic E-state index is 0.0802. The number of aromatic nitrogens is 2. The van der Waals surface area contributed by atoms with E-state index in [9.17, 15) is 4.79 Å². The molecule has 1 fully saturated rings. The number of imidazole rings is 1. The van der Waals surface area contributed by atoms with Crippen molar-refractivity contribution in [3.05, 3.63) is 58.1 Å². The summed E-state index contributed by atoms with van der Waals surface area (Å²) in [4.78, 5) is 20.5. The van der Waals surface area contributed by atoms with Gasteiger partial charge in [-0.2, -0.15) is 0 Å². The fourth-order valence-electron chi connectivity index (χ4n) is 5.09. The molecular formula is C28H31ClFN3O4. The molecule has 7 nitrogen and oxygen atoms in total. The molecule has 2 aliphatic rings. The summed E-state index contributed by atoms with van der Waals surface area (Å²) in [6, 6.07) is 8.19. The van der Waals surface area contributed by atoms with Crippen molar-refractivity contribution in [1.29, 1.82) is 0 Å². The molecule has 3 aromatic rings. The second-order valence-corrected chi connectivity index (χ2v) is 10.7. The Kier molecular flexibility index (Phi) is 6.66. The van der Waals surface area contributed by atoms with Crippen LogP contribution in [-0.4, -0.2) is 58.9 Å². The Hall–Kier alpha value is -3.10. The van der Waals surface area contributed by atoms with Gasteiger partial charge in [-0.3, -0.25) is 9.36 Å². The van der Waals surface area contributed by atoms with Crippen molar-refractivity contribution in [2.24, 2.45) is 0 Å². The van der Waals surface area contributed by atoms with Crippen molar-refractivity contribution >= 4 is 17.5 Å². The van der Waals surface area contributed by atoms with Gasteiger partial charge in [-0.05, 0) is 70.4 Å². The number of hydrogen-bond donors (Lipinski definition) is 0. The number of halogens is 2. The first-order chi connectivity index (χ1) is 17.6. The summed E-state index contributed by atoms with van der Waals surface area (Å²) in [5, 5.41) is 0.380. The number of carbonyl (C=O) groups is 1. The molecule has 3 heterocycles. The SMILES string of the molecule is COc1cc2c(cc1OC(C)C)-n1c(-c3cc(Cl)ccc3F)nc(C(=O)N3CCOCC3(C)C)c1CC2. The largest absolute Gasteiger partial charge is 0.493 e. The minimum Gasteiger partial charge on any atom is -0.493 e. The number of fused-ring (bicyclic) bond motifs is 3. The quantitative estimate of drug-likeness (QED) is 0.440. The highest BCUT2D eigenvalue weighted by Crippen LogP contribution is 2.41. The first-order valence-corrected chi connectivity index (χ1v) is 12.8. The third kappa shape index (κ3) is 4.57. The summed E-state index contributed by atoms with van der Waals surface area (Å²) in [6.45, 7) is 9.18. The molecule has 9 heteroatoms. The number of carbonyl (C=O) groups excluding carboxylic acids is 1. The van der Waals surface area contributed by atoms with Gasteiger partial charge in [0.1, 0.15) is 11.6 Å². The van der Waals surface area contributed by atoms with Crippen LogP contribution in [0.4, 0.5) is 4.39 Å². The first kappa shape index (κ1) is 25.5. The van der Waals surface area contributed by atoms with Crippen LogP contribution in [-0.2, 0) is 17.6 Å². The molecule has 0 unspecified atom stereocenters. The predicted octanol–water partition coefficient (Wildman–Crippen LogP) is 5.48. The average Bonchev–Trinajstić information content (AvgIpc) is 3.24. The van der Waals surface area contributed by atoms with Crippen LogP contribution in [0.2, 0.25) is 5.02 Å². The molecule has 2 aliphatic heterocycles. The van der Waals surface area contributed by atoms with Crippen molar-refractivity contribution in [2.75, 3.05) is 26.9 Å². The standard InChI is InChI=1S/C28H31ClFN3O4/c1-16(2)37-24-14-22-17(12-23(24)35-5)6-9-21-25(27(34)32-10-11-36-15-28(32,3)4)31-26(33(21)22)19-13-18(29)7-8-20(19)30/h7-8,12-14,16H,6,9-11,15H2,1-5H3. The van der Waals surface area contributed by atoms with Crippen LogP contribution in [0.3, 0.4) is 0 Å². The second-order valence-electron chi connectivity index (χ2n) is 10.3. The van der Waals surface area contributed by atoms with Crippen LogP contribution in [0.5, 0.6) is 11.5 Å². The van der Waals surface area contributed by atoms with E-state index in [1.807, 2.05) is 44.4 Å². The number of nitrogens with zero attached hydrogens (tertiary/aromatic N) is 3.